The SMILES string of the molecule is CCCN(c1ccc(C(=O)OC)cc1OC)S(C)(=O)=O. The molecule has 112 valence electrons. The van der Waals surface area contributed by atoms with Crippen molar-refractivity contribution in [1.82, 2.24) is 0 Å². The monoisotopic (exact) mass is 301 g/mol. The number of benzene rings is 1. The number of methoxy groups -OCH3 is 2. The number of carbonyl (C=O) groups excluding carboxylic acids is 1. The molecule has 1 aromatic carbocycles. The smallest absolute Gasteiger partial charge is 0.337 e. The van der Waals surface area contributed by atoms with Crippen LogP contribution >= 0.6 is 0 Å². The second kappa shape index (κ2) is 6.60. The molecule has 0 heterocycles. The van der Waals surface area contributed by atoms with E-state index in [1.807, 2.05) is 6.92 Å². The van der Waals surface area contributed by atoms with E-state index in [0.29, 0.717) is 30.0 Å². The van der Waals surface area contributed by atoms with Gasteiger partial charge in [-0.25, -0.2) is 13.2 Å². The van der Waals surface area contributed by atoms with Crippen LogP contribution in [0.25, 0.3) is 0 Å². The molecule has 6 nitrogen and oxygen atoms in total. The number of sulfonamides is 1. The van der Waals surface area contributed by atoms with E-state index < -0.39 is 16.0 Å². The standard InChI is InChI=1S/C13H19NO5S/c1-5-8-14(20(4,16)17)11-7-6-10(13(15)19-3)9-12(11)18-2/h6-7,9H,5,8H2,1-4H3. The molecule has 0 saturated carbocycles. The number of hydrogen-bond acceptors (Lipinski definition) is 5. The Morgan fingerprint density at radius 3 is 2.40 bits per heavy atom. The van der Waals surface area contributed by atoms with Crippen LogP contribution in [0.15, 0.2) is 18.2 Å². The molecule has 0 aliphatic carbocycles. The first-order valence-electron chi connectivity index (χ1n) is 6.09. The number of rotatable bonds is 6. The van der Waals surface area contributed by atoms with Gasteiger partial charge in [0.1, 0.15) is 5.75 Å². The summed E-state index contributed by atoms with van der Waals surface area (Å²) in [6, 6.07) is 4.52. The van der Waals surface area contributed by atoms with E-state index in [-0.39, 0.29) is 0 Å². The number of nitrogens with zero attached hydrogens (tertiary/aromatic N) is 1. The van der Waals surface area contributed by atoms with Crippen molar-refractivity contribution in [1.29, 1.82) is 0 Å². The second-order valence-electron chi connectivity index (χ2n) is 4.21. The predicted molar refractivity (Wildman–Crippen MR) is 76.8 cm³/mol. The van der Waals surface area contributed by atoms with Crippen LogP contribution in [-0.4, -0.2) is 41.4 Å². The lowest BCUT2D eigenvalue weighted by Crippen LogP contribution is -2.31. The van der Waals surface area contributed by atoms with Crippen molar-refractivity contribution in [3.63, 3.8) is 0 Å². The van der Waals surface area contributed by atoms with E-state index in [1.54, 1.807) is 6.07 Å². The summed E-state index contributed by atoms with van der Waals surface area (Å²) >= 11 is 0. The van der Waals surface area contributed by atoms with Gasteiger partial charge in [0.25, 0.3) is 0 Å². The van der Waals surface area contributed by atoms with Crippen molar-refractivity contribution in [2.45, 2.75) is 13.3 Å². The van der Waals surface area contributed by atoms with Crippen molar-refractivity contribution in [2.24, 2.45) is 0 Å². The molecule has 20 heavy (non-hydrogen) atoms. The molecule has 0 radical (unpaired) electrons. The van der Waals surface area contributed by atoms with Gasteiger partial charge in [-0.15, -0.1) is 0 Å². The van der Waals surface area contributed by atoms with Gasteiger partial charge >= 0.3 is 5.97 Å². The van der Waals surface area contributed by atoms with Gasteiger partial charge in [0, 0.05) is 6.54 Å². The molecule has 0 unspecified atom stereocenters. The first-order valence-corrected chi connectivity index (χ1v) is 7.94. The van der Waals surface area contributed by atoms with Gasteiger partial charge in [-0.05, 0) is 24.6 Å². The molecule has 0 spiro atoms. The number of hydrogen-bond donors (Lipinski definition) is 0. The lowest BCUT2D eigenvalue weighted by molar-refractivity contribution is 0.0600. The summed E-state index contributed by atoms with van der Waals surface area (Å²) in [4.78, 5) is 11.5. The Hall–Kier alpha value is -1.76. The predicted octanol–water partition coefficient (Wildman–Crippen LogP) is 1.66. The largest absolute Gasteiger partial charge is 0.495 e. The van der Waals surface area contributed by atoms with E-state index in [1.165, 1.54) is 30.7 Å². The summed E-state index contributed by atoms with van der Waals surface area (Å²) in [5.41, 5.74) is 0.711. The molecular formula is C13H19NO5S. The molecule has 7 heteroatoms. The van der Waals surface area contributed by atoms with E-state index in [0.717, 1.165) is 6.26 Å². The van der Waals surface area contributed by atoms with Crippen LogP contribution in [0, 0.1) is 0 Å². The third kappa shape index (κ3) is 3.63. The molecule has 0 aromatic heterocycles. The summed E-state index contributed by atoms with van der Waals surface area (Å²) in [5, 5.41) is 0. The van der Waals surface area contributed by atoms with Crippen molar-refractivity contribution in [3.8, 4) is 5.75 Å². The Balaban J connectivity index is 3.33. The molecule has 1 aromatic rings. The lowest BCUT2D eigenvalue weighted by Gasteiger charge is -2.24. The third-order valence-electron chi connectivity index (χ3n) is 2.70. The Labute approximate surface area is 119 Å². The minimum atomic E-state index is -3.41. The third-order valence-corrected chi connectivity index (χ3v) is 3.88. The molecule has 0 N–H and O–H groups in total. The van der Waals surface area contributed by atoms with Gasteiger partial charge in [-0.3, -0.25) is 4.31 Å². The van der Waals surface area contributed by atoms with Crippen LogP contribution in [0.5, 0.6) is 5.75 Å². The highest BCUT2D eigenvalue weighted by molar-refractivity contribution is 7.92. The van der Waals surface area contributed by atoms with Gasteiger partial charge in [0.05, 0.1) is 31.7 Å². The van der Waals surface area contributed by atoms with Gasteiger partial charge in [-0.2, -0.15) is 0 Å². The Kier molecular flexibility index (Phi) is 5.38. The molecule has 0 fully saturated rings. The van der Waals surface area contributed by atoms with Crippen LogP contribution in [-0.2, 0) is 14.8 Å². The molecule has 0 saturated heterocycles. The highest BCUT2D eigenvalue weighted by atomic mass is 32.2. The number of esters is 1. The molecule has 0 aliphatic heterocycles. The summed E-state index contributed by atoms with van der Waals surface area (Å²) in [6.45, 7) is 2.22. The van der Waals surface area contributed by atoms with E-state index in [9.17, 15) is 13.2 Å². The molecule has 0 atom stereocenters. The first kappa shape index (κ1) is 16.3. The zero-order valence-electron chi connectivity index (χ0n) is 12.0. The highest BCUT2D eigenvalue weighted by Gasteiger charge is 2.21. The van der Waals surface area contributed by atoms with Crippen LogP contribution in [0.2, 0.25) is 0 Å². The van der Waals surface area contributed by atoms with Crippen LogP contribution in [0.4, 0.5) is 5.69 Å². The van der Waals surface area contributed by atoms with Crippen molar-refractivity contribution in [3.05, 3.63) is 23.8 Å². The highest BCUT2D eigenvalue weighted by Crippen LogP contribution is 2.31. The Morgan fingerprint density at radius 2 is 1.95 bits per heavy atom. The molecule has 0 bridgehead atoms. The Bertz CT molecular complexity index is 582. The van der Waals surface area contributed by atoms with E-state index >= 15 is 0 Å². The average Bonchev–Trinajstić information content (AvgIpc) is 2.42. The maximum atomic E-state index is 11.8. The van der Waals surface area contributed by atoms with Crippen molar-refractivity contribution in [2.75, 3.05) is 31.3 Å². The fourth-order valence-electron chi connectivity index (χ4n) is 1.80. The van der Waals surface area contributed by atoms with Crippen molar-refractivity contribution >= 4 is 21.7 Å². The van der Waals surface area contributed by atoms with Crippen LogP contribution in [0.3, 0.4) is 0 Å². The summed E-state index contributed by atoms with van der Waals surface area (Å²) in [6.07, 6.45) is 1.80. The second-order valence-corrected chi connectivity index (χ2v) is 6.12. The number of anilines is 1. The summed E-state index contributed by atoms with van der Waals surface area (Å²) in [7, 11) is -0.711. The lowest BCUT2D eigenvalue weighted by atomic mass is 10.2. The molecule has 0 amide bonds. The van der Waals surface area contributed by atoms with Crippen molar-refractivity contribution < 1.29 is 22.7 Å². The van der Waals surface area contributed by atoms with Gasteiger partial charge in [-0.1, -0.05) is 6.92 Å². The minimum absolute atomic E-state index is 0.304. The molecule has 0 aliphatic rings. The number of ether oxygens (including phenoxy) is 2. The zero-order valence-corrected chi connectivity index (χ0v) is 12.9. The van der Waals surface area contributed by atoms with Crippen LogP contribution in [0.1, 0.15) is 23.7 Å². The maximum Gasteiger partial charge on any atom is 0.337 e. The molecular weight excluding hydrogens is 282 g/mol. The summed E-state index contributed by atoms with van der Waals surface area (Å²) in [5.74, 6) is -0.192. The average molecular weight is 301 g/mol. The van der Waals surface area contributed by atoms with Gasteiger partial charge in [0.2, 0.25) is 10.0 Å². The quantitative estimate of drug-likeness (QED) is 0.747. The Morgan fingerprint density at radius 1 is 1.30 bits per heavy atom. The van der Waals surface area contributed by atoms with Crippen LogP contribution < -0.4 is 9.04 Å². The van der Waals surface area contributed by atoms with E-state index in [4.69, 9.17) is 4.74 Å². The number of carbonyl (C=O) groups is 1. The zero-order chi connectivity index (χ0) is 15.3. The van der Waals surface area contributed by atoms with Gasteiger partial charge in [0.15, 0.2) is 0 Å². The van der Waals surface area contributed by atoms with Gasteiger partial charge < -0.3 is 9.47 Å². The fourth-order valence-corrected chi connectivity index (χ4v) is 2.82. The summed E-state index contributed by atoms with van der Waals surface area (Å²) < 4.78 is 34.8. The fraction of sp³-hybridized carbons (Fsp3) is 0.462. The maximum absolute atomic E-state index is 11.8. The van der Waals surface area contributed by atoms with E-state index in [2.05, 4.69) is 4.74 Å². The first-order chi connectivity index (χ1) is 9.35. The normalized spacial score (nSPS) is 11.0. The topological polar surface area (TPSA) is 72.9 Å². The minimum Gasteiger partial charge on any atom is -0.495 e. The molecule has 1 rings (SSSR count).